The molecule has 0 aromatic heterocycles. The van der Waals surface area contributed by atoms with Crippen molar-refractivity contribution in [2.24, 2.45) is 0 Å². The summed E-state index contributed by atoms with van der Waals surface area (Å²) in [6, 6.07) is 0. The number of thiol groups is 2. The van der Waals surface area contributed by atoms with Crippen molar-refractivity contribution >= 4 is 31.2 Å². The minimum Gasteiger partial charge on any atom is -0.460 e. The third-order valence-electron chi connectivity index (χ3n) is 0.898. The predicted octanol–water partition coefficient (Wildman–Crippen LogP) is 0.264. The molecular formula is C6H10O3S2. The number of esters is 1. The molecule has 64 valence electrons. The highest BCUT2D eigenvalue weighted by atomic mass is 32.2. The number of rotatable bonds is 4. The summed E-state index contributed by atoms with van der Waals surface area (Å²) in [5.41, 5.74) is 0.171. The quantitative estimate of drug-likeness (QED) is 0.260. The smallest absolute Gasteiger partial charge is 0.335 e. The summed E-state index contributed by atoms with van der Waals surface area (Å²) in [7, 11) is 0. The third-order valence-corrected chi connectivity index (χ3v) is 1.52. The van der Waals surface area contributed by atoms with Crippen molar-refractivity contribution < 1.29 is 14.6 Å². The van der Waals surface area contributed by atoms with Crippen LogP contribution in [0.5, 0.6) is 0 Å². The molecule has 0 aliphatic heterocycles. The molecule has 0 aromatic rings. The van der Waals surface area contributed by atoms with Crippen LogP contribution in [0.1, 0.15) is 0 Å². The van der Waals surface area contributed by atoms with Crippen molar-refractivity contribution in [2.75, 3.05) is 13.2 Å². The second kappa shape index (κ2) is 5.51. The van der Waals surface area contributed by atoms with E-state index in [4.69, 9.17) is 5.11 Å². The molecule has 0 unspecified atom stereocenters. The Bertz CT molecular complexity index is 156. The van der Waals surface area contributed by atoms with Crippen LogP contribution >= 0.6 is 25.3 Å². The van der Waals surface area contributed by atoms with Gasteiger partial charge in [0.25, 0.3) is 0 Å². The molecule has 1 N–H and O–H groups in total. The number of hydrogen-bond donors (Lipinski definition) is 3. The van der Waals surface area contributed by atoms with Gasteiger partial charge in [0.05, 0.1) is 16.8 Å². The molecule has 0 rings (SSSR count). The largest absolute Gasteiger partial charge is 0.460 e. The summed E-state index contributed by atoms with van der Waals surface area (Å²) in [5, 5.41) is 8.29. The Kier molecular flexibility index (Phi) is 5.45. The van der Waals surface area contributed by atoms with E-state index in [9.17, 15) is 4.79 Å². The van der Waals surface area contributed by atoms with Gasteiger partial charge in [-0.25, -0.2) is 4.79 Å². The first-order valence-corrected chi connectivity index (χ1v) is 3.95. The van der Waals surface area contributed by atoms with E-state index in [2.05, 4.69) is 36.6 Å². The maximum absolute atomic E-state index is 10.8. The molecule has 3 nitrogen and oxygen atoms in total. The number of aliphatic hydroxyl groups is 1. The monoisotopic (exact) mass is 194 g/mol. The van der Waals surface area contributed by atoms with Crippen molar-refractivity contribution in [3.63, 3.8) is 0 Å². The van der Waals surface area contributed by atoms with Crippen LogP contribution in [0.2, 0.25) is 0 Å². The fourth-order valence-electron chi connectivity index (χ4n) is 0.336. The molecule has 0 fully saturated rings. The van der Waals surface area contributed by atoms with Crippen LogP contribution in [0.15, 0.2) is 12.2 Å². The molecule has 0 radical (unpaired) electrons. The first-order chi connectivity index (χ1) is 5.09. The zero-order chi connectivity index (χ0) is 8.85. The van der Waals surface area contributed by atoms with Gasteiger partial charge in [0.15, 0.2) is 0 Å². The van der Waals surface area contributed by atoms with E-state index < -0.39 is 10.6 Å². The molecule has 0 aliphatic carbocycles. The SMILES string of the molecule is C=C(C(=O)OCCO)C(S)S. The lowest BCUT2D eigenvalue weighted by Crippen LogP contribution is -2.13. The van der Waals surface area contributed by atoms with Gasteiger partial charge in [-0.05, 0) is 0 Å². The maximum Gasteiger partial charge on any atom is 0.335 e. The van der Waals surface area contributed by atoms with Crippen molar-refractivity contribution in [3.05, 3.63) is 12.2 Å². The zero-order valence-electron chi connectivity index (χ0n) is 5.86. The number of ether oxygens (including phenoxy) is 1. The van der Waals surface area contributed by atoms with Gasteiger partial charge >= 0.3 is 5.97 Å². The van der Waals surface area contributed by atoms with Crippen molar-refractivity contribution in [3.8, 4) is 0 Å². The number of hydrogen-bond acceptors (Lipinski definition) is 5. The summed E-state index contributed by atoms with van der Waals surface area (Å²) < 4.78 is 4.02. The molecule has 0 bridgehead atoms. The van der Waals surface area contributed by atoms with Crippen LogP contribution in [0.25, 0.3) is 0 Å². The summed E-state index contributed by atoms with van der Waals surface area (Å²) in [4.78, 5) is 10.8. The van der Waals surface area contributed by atoms with Gasteiger partial charge in [-0.2, -0.15) is 25.3 Å². The fraction of sp³-hybridized carbons (Fsp3) is 0.500. The lowest BCUT2D eigenvalue weighted by atomic mass is 10.3. The van der Waals surface area contributed by atoms with Crippen LogP contribution < -0.4 is 0 Å². The Balaban J connectivity index is 3.75. The third kappa shape index (κ3) is 4.34. The molecule has 5 heteroatoms. The first-order valence-electron chi connectivity index (χ1n) is 2.92. The summed E-state index contributed by atoms with van der Waals surface area (Å²) in [6.45, 7) is 3.18. The van der Waals surface area contributed by atoms with E-state index in [1.165, 1.54) is 0 Å². The van der Waals surface area contributed by atoms with Crippen LogP contribution in [0.4, 0.5) is 0 Å². The molecule has 0 saturated heterocycles. The Labute approximate surface area is 76.3 Å². The normalized spacial score (nSPS) is 9.82. The van der Waals surface area contributed by atoms with Gasteiger partial charge < -0.3 is 9.84 Å². The average Bonchev–Trinajstić information content (AvgIpc) is 1.98. The minimum absolute atomic E-state index is 0.0217. The predicted molar refractivity (Wildman–Crippen MR) is 48.9 cm³/mol. The van der Waals surface area contributed by atoms with Gasteiger partial charge in [0, 0.05) is 0 Å². The van der Waals surface area contributed by atoms with E-state index in [0.717, 1.165) is 0 Å². The molecule has 0 aromatic carbocycles. The van der Waals surface area contributed by atoms with Crippen molar-refractivity contribution in [1.82, 2.24) is 0 Å². The zero-order valence-corrected chi connectivity index (χ0v) is 7.65. The van der Waals surface area contributed by atoms with Crippen LogP contribution in [0, 0.1) is 0 Å². The molecule has 0 saturated carbocycles. The maximum atomic E-state index is 10.8. The van der Waals surface area contributed by atoms with Gasteiger partial charge in [0.1, 0.15) is 6.61 Å². The van der Waals surface area contributed by atoms with E-state index in [1.54, 1.807) is 0 Å². The fourth-order valence-corrected chi connectivity index (χ4v) is 0.547. The Morgan fingerprint density at radius 1 is 1.64 bits per heavy atom. The lowest BCUT2D eigenvalue weighted by molar-refractivity contribution is -0.139. The first kappa shape index (κ1) is 10.9. The molecule has 11 heavy (non-hydrogen) atoms. The molecule has 0 aliphatic rings. The summed E-state index contributed by atoms with van der Waals surface area (Å²) in [5.74, 6) is -0.575. The van der Waals surface area contributed by atoms with Crippen LogP contribution in [-0.2, 0) is 9.53 Å². The topological polar surface area (TPSA) is 46.5 Å². The second-order valence-electron chi connectivity index (χ2n) is 1.76. The molecular weight excluding hydrogens is 184 g/mol. The van der Waals surface area contributed by atoms with Gasteiger partial charge in [0.2, 0.25) is 0 Å². The summed E-state index contributed by atoms with van der Waals surface area (Å²) >= 11 is 7.71. The Morgan fingerprint density at radius 3 is 2.55 bits per heavy atom. The number of carbonyl (C=O) groups is 1. The standard InChI is InChI=1S/C6H10O3S2/c1-4(6(10)11)5(8)9-3-2-7/h6-7,10-11H,1-3H2. The molecule has 0 spiro atoms. The number of aliphatic hydroxyl groups excluding tert-OH is 1. The molecule has 0 amide bonds. The van der Waals surface area contributed by atoms with E-state index in [1.807, 2.05) is 0 Å². The average molecular weight is 194 g/mol. The Hall–Kier alpha value is -0.130. The van der Waals surface area contributed by atoms with Gasteiger partial charge in [-0.1, -0.05) is 6.58 Å². The highest BCUT2D eigenvalue weighted by Crippen LogP contribution is 2.12. The molecule has 0 atom stereocenters. The highest BCUT2D eigenvalue weighted by Gasteiger charge is 2.12. The van der Waals surface area contributed by atoms with E-state index >= 15 is 0 Å². The van der Waals surface area contributed by atoms with E-state index in [-0.39, 0.29) is 18.8 Å². The van der Waals surface area contributed by atoms with Crippen LogP contribution in [0.3, 0.4) is 0 Å². The highest BCUT2D eigenvalue weighted by molar-refractivity contribution is 7.99. The summed E-state index contributed by atoms with van der Waals surface area (Å²) in [6.07, 6.45) is 0. The van der Waals surface area contributed by atoms with Gasteiger partial charge in [-0.15, -0.1) is 0 Å². The Morgan fingerprint density at radius 2 is 2.18 bits per heavy atom. The van der Waals surface area contributed by atoms with Crippen molar-refractivity contribution in [2.45, 2.75) is 4.58 Å². The van der Waals surface area contributed by atoms with E-state index in [0.29, 0.717) is 0 Å². The lowest BCUT2D eigenvalue weighted by Gasteiger charge is -2.06. The molecule has 0 heterocycles. The number of carbonyl (C=O) groups excluding carboxylic acids is 1. The second-order valence-corrected chi connectivity index (χ2v) is 3.20. The van der Waals surface area contributed by atoms with Crippen LogP contribution in [-0.4, -0.2) is 28.9 Å². The van der Waals surface area contributed by atoms with Crippen molar-refractivity contribution in [1.29, 1.82) is 0 Å². The van der Waals surface area contributed by atoms with Gasteiger partial charge in [-0.3, -0.25) is 0 Å². The minimum atomic E-state index is -0.575.